The lowest BCUT2D eigenvalue weighted by atomic mass is 10.1. The summed E-state index contributed by atoms with van der Waals surface area (Å²) in [4.78, 5) is 14.3. The Hall–Kier alpha value is -1.07. The first-order valence-electron chi connectivity index (χ1n) is 6.46. The fraction of sp³-hybridized carbons (Fsp3) is 0.692. The number of carbonyl (C=O) groups excluding carboxylic acids is 1. The number of carbonyl (C=O) groups is 1. The van der Waals surface area contributed by atoms with Gasteiger partial charge in [0, 0.05) is 31.9 Å². The summed E-state index contributed by atoms with van der Waals surface area (Å²) < 4.78 is 1.92. The van der Waals surface area contributed by atoms with Crippen LogP contribution in [0.1, 0.15) is 36.8 Å². The van der Waals surface area contributed by atoms with Crippen molar-refractivity contribution >= 4 is 18.3 Å². The van der Waals surface area contributed by atoms with Gasteiger partial charge in [-0.1, -0.05) is 0 Å². The van der Waals surface area contributed by atoms with Crippen molar-refractivity contribution in [1.29, 1.82) is 0 Å². The predicted molar refractivity (Wildman–Crippen MR) is 78.0 cm³/mol. The van der Waals surface area contributed by atoms with E-state index in [1.165, 1.54) is 0 Å². The van der Waals surface area contributed by atoms with Crippen molar-refractivity contribution in [1.82, 2.24) is 20.0 Å². The minimum absolute atomic E-state index is 0. The maximum absolute atomic E-state index is 12.4. The van der Waals surface area contributed by atoms with Crippen LogP contribution in [-0.4, -0.2) is 46.8 Å². The molecule has 0 aliphatic carbocycles. The zero-order chi connectivity index (χ0) is 13.3. The van der Waals surface area contributed by atoms with Gasteiger partial charge in [0.25, 0.3) is 5.91 Å². The second kappa shape index (κ2) is 5.92. The summed E-state index contributed by atoms with van der Waals surface area (Å²) in [5.41, 5.74) is 1.59. The molecule has 6 heteroatoms. The maximum atomic E-state index is 12.4. The monoisotopic (exact) mass is 286 g/mol. The van der Waals surface area contributed by atoms with Crippen LogP contribution in [0.5, 0.6) is 0 Å². The Labute approximate surface area is 120 Å². The summed E-state index contributed by atoms with van der Waals surface area (Å²) in [7, 11) is 0. The smallest absolute Gasteiger partial charge is 0.257 e. The van der Waals surface area contributed by atoms with E-state index in [-0.39, 0.29) is 23.9 Å². The van der Waals surface area contributed by atoms with Gasteiger partial charge in [-0.2, -0.15) is 5.10 Å². The molecule has 1 N–H and O–H groups in total. The number of hydrogen-bond donors (Lipinski definition) is 1. The minimum atomic E-state index is -0.0912. The molecule has 1 amide bonds. The molecule has 2 heterocycles. The summed E-state index contributed by atoms with van der Waals surface area (Å²) >= 11 is 0. The first kappa shape index (κ1) is 16.0. The standard InChI is InChI=1S/C13H22N4O.ClH/c1-10-11(9-15-17(10)13(2,3)4)12(18)16-7-5-14-6-8-16;/h9,14H,5-8H2,1-4H3;1H. The quantitative estimate of drug-likeness (QED) is 0.849. The number of hydrogen-bond acceptors (Lipinski definition) is 3. The molecule has 1 aromatic rings. The number of piperazine rings is 1. The maximum Gasteiger partial charge on any atom is 0.257 e. The number of halogens is 1. The lowest BCUT2D eigenvalue weighted by Gasteiger charge is -2.27. The average Bonchev–Trinajstić information content (AvgIpc) is 2.71. The van der Waals surface area contributed by atoms with Crippen LogP contribution in [0.15, 0.2) is 6.20 Å². The van der Waals surface area contributed by atoms with Gasteiger partial charge in [0.1, 0.15) is 0 Å². The fourth-order valence-corrected chi connectivity index (χ4v) is 2.33. The predicted octanol–water partition coefficient (Wildman–Crippen LogP) is 1.41. The molecule has 0 radical (unpaired) electrons. The van der Waals surface area contributed by atoms with Gasteiger partial charge >= 0.3 is 0 Å². The van der Waals surface area contributed by atoms with Gasteiger partial charge in [-0.05, 0) is 27.7 Å². The lowest BCUT2D eigenvalue weighted by molar-refractivity contribution is 0.0734. The Morgan fingerprint density at radius 1 is 1.32 bits per heavy atom. The van der Waals surface area contributed by atoms with E-state index in [4.69, 9.17) is 0 Å². The van der Waals surface area contributed by atoms with Crippen molar-refractivity contribution in [2.24, 2.45) is 0 Å². The molecule has 0 atom stereocenters. The van der Waals surface area contributed by atoms with Gasteiger partial charge in [-0.15, -0.1) is 12.4 Å². The third-order valence-corrected chi connectivity index (χ3v) is 3.28. The molecule has 1 aliphatic rings. The molecule has 0 spiro atoms. The summed E-state index contributed by atoms with van der Waals surface area (Å²) in [6, 6.07) is 0. The highest BCUT2D eigenvalue weighted by molar-refractivity contribution is 5.95. The Morgan fingerprint density at radius 2 is 1.89 bits per heavy atom. The molecular formula is C13H23ClN4O. The summed E-state index contributed by atoms with van der Waals surface area (Å²) in [5.74, 6) is 0.101. The lowest BCUT2D eigenvalue weighted by Crippen LogP contribution is -2.46. The number of aromatic nitrogens is 2. The highest BCUT2D eigenvalue weighted by Gasteiger charge is 2.25. The molecule has 1 aliphatic heterocycles. The van der Waals surface area contributed by atoms with Crippen molar-refractivity contribution in [3.63, 3.8) is 0 Å². The number of nitrogens with zero attached hydrogens (tertiary/aromatic N) is 3. The number of amides is 1. The Balaban J connectivity index is 0.00000180. The van der Waals surface area contributed by atoms with E-state index < -0.39 is 0 Å². The van der Waals surface area contributed by atoms with E-state index in [0.717, 1.165) is 37.4 Å². The van der Waals surface area contributed by atoms with Crippen LogP contribution in [0, 0.1) is 6.92 Å². The molecule has 5 nitrogen and oxygen atoms in total. The molecule has 1 aromatic heterocycles. The zero-order valence-corrected chi connectivity index (χ0v) is 12.9. The topological polar surface area (TPSA) is 50.2 Å². The molecular weight excluding hydrogens is 264 g/mol. The van der Waals surface area contributed by atoms with E-state index in [1.54, 1.807) is 6.20 Å². The van der Waals surface area contributed by atoms with Crippen LogP contribution in [0.2, 0.25) is 0 Å². The van der Waals surface area contributed by atoms with E-state index >= 15 is 0 Å². The Kier molecular flexibility index (Phi) is 4.98. The van der Waals surface area contributed by atoms with Crippen molar-refractivity contribution < 1.29 is 4.79 Å². The van der Waals surface area contributed by atoms with E-state index in [1.807, 2.05) is 16.5 Å². The molecule has 0 saturated carbocycles. The molecule has 108 valence electrons. The van der Waals surface area contributed by atoms with Crippen molar-refractivity contribution in [2.45, 2.75) is 33.2 Å². The van der Waals surface area contributed by atoms with E-state index in [9.17, 15) is 4.79 Å². The molecule has 0 aromatic carbocycles. The molecule has 19 heavy (non-hydrogen) atoms. The molecule has 0 bridgehead atoms. The number of nitrogens with one attached hydrogen (secondary N) is 1. The van der Waals surface area contributed by atoms with Crippen LogP contribution in [0.25, 0.3) is 0 Å². The van der Waals surface area contributed by atoms with Gasteiger partial charge in [-0.3, -0.25) is 9.48 Å². The molecule has 1 fully saturated rings. The molecule has 2 rings (SSSR count). The highest BCUT2D eigenvalue weighted by Crippen LogP contribution is 2.19. The van der Waals surface area contributed by atoms with Gasteiger partial charge < -0.3 is 10.2 Å². The van der Waals surface area contributed by atoms with Gasteiger partial charge in [0.15, 0.2) is 0 Å². The largest absolute Gasteiger partial charge is 0.336 e. The molecule has 1 saturated heterocycles. The first-order valence-corrected chi connectivity index (χ1v) is 6.46. The summed E-state index contributed by atoms with van der Waals surface area (Å²) in [6.45, 7) is 11.5. The minimum Gasteiger partial charge on any atom is -0.336 e. The third-order valence-electron chi connectivity index (χ3n) is 3.28. The van der Waals surface area contributed by atoms with Crippen LogP contribution >= 0.6 is 12.4 Å². The summed E-state index contributed by atoms with van der Waals surface area (Å²) in [6.07, 6.45) is 1.70. The molecule has 0 unspecified atom stereocenters. The van der Waals surface area contributed by atoms with Crippen LogP contribution in [0.3, 0.4) is 0 Å². The van der Waals surface area contributed by atoms with Gasteiger partial charge in [0.05, 0.1) is 17.3 Å². The van der Waals surface area contributed by atoms with Crippen molar-refractivity contribution in [2.75, 3.05) is 26.2 Å². The van der Waals surface area contributed by atoms with Crippen LogP contribution in [-0.2, 0) is 5.54 Å². The van der Waals surface area contributed by atoms with Crippen LogP contribution < -0.4 is 5.32 Å². The zero-order valence-electron chi connectivity index (χ0n) is 12.1. The fourth-order valence-electron chi connectivity index (χ4n) is 2.33. The first-order chi connectivity index (χ1) is 8.41. The highest BCUT2D eigenvalue weighted by atomic mass is 35.5. The normalized spacial score (nSPS) is 16.1. The van der Waals surface area contributed by atoms with Gasteiger partial charge in [0.2, 0.25) is 0 Å². The van der Waals surface area contributed by atoms with E-state index in [2.05, 4.69) is 31.2 Å². The average molecular weight is 287 g/mol. The Morgan fingerprint density at radius 3 is 2.37 bits per heavy atom. The summed E-state index contributed by atoms with van der Waals surface area (Å²) in [5, 5.41) is 7.61. The van der Waals surface area contributed by atoms with E-state index in [0.29, 0.717) is 0 Å². The number of rotatable bonds is 1. The third kappa shape index (κ3) is 3.28. The van der Waals surface area contributed by atoms with Crippen molar-refractivity contribution in [3.8, 4) is 0 Å². The Bertz CT molecular complexity index is 444. The van der Waals surface area contributed by atoms with Crippen LogP contribution in [0.4, 0.5) is 0 Å². The SMILES string of the molecule is Cc1c(C(=O)N2CCNCC2)cnn1C(C)(C)C.Cl. The van der Waals surface area contributed by atoms with Gasteiger partial charge in [-0.25, -0.2) is 0 Å². The van der Waals surface area contributed by atoms with Crippen molar-refractivity contribution in [3.05, 3.63) is 17.5 Å². The second-order valence-corrected chi connectivity index (χ2v) is 5.77. The second-order valence-electron chi connectivity index (χ2n) is 5.77.